The van der Waals surface area contributed by atoms with E-state index in [4.69, 9.17) is 27.8 Å². The molecule has 1 aromatic heterocycles. The fourth-order valence-corrected chi connectivity index (χ4v) is 1.58. The van der Waals surface area contributed by atoms with Crippen molar-refractivity contribution in [2.24, 2.45) is 0 Å². The minimum absolute atomic E-state index is 0.0265. The van der Waals surface area contributed by atoms with Gasteiger partial charge in [0.15, 0.2) is 0 Å². The van der Waals surface area contributed by atoms with Gasteiger partial charge in [0, 0.05) is 6.07 Å². The molecule has 1 rings (SSSR count). The number of halogens is 2. The maximum atomic E-state index is 10.4. The lowest BCUT2D eigenvalue weighted by Crippen LogP contribution is -2.05. The molecule has 0 aliphatic heterocycles. The Kier molecular flexibility index (Phi) is 3.07. The molecule has 0 saturated heterocycles. The first-order valence-electron chi connectivity index (χ1n) is 3.01. The van der Waals surface area contributed by atoms with E-state index in [1.165, 1.54) is 6.07 Å². The van der Waals surface area contributed by atoms with Crippen molar-refractivity contribution in [3.63, 3.8) is 0 Å². The summed E-state index contributed by atoms with van der Waals surface area (Å²) in [4.78, 5) is 7.10. The van der Waals surface area contributed by atoms with Crippen LogP contribution in [0.3, 0.4) is 0 Å². The lowest BCUT2D eigenvalue weighted by atomic mass is 10.6. The van der Waals surface area contributed by atoms with Gasteiger partial charge in [-0.25, -0.2) is 9.97 Å². The average Bonchev–Trinajstić information content (AvgIpc) is 1.78. The molecule has 0 unspecified atom stereocenters. The Morgan fingerprint density at radius 2 is 1.77 bits per heavy atom. The highest BCUT2D eigenvalue weighted by molar-refractivity contribution is 7.84. The standard InChI is InChI=1S/C5H4Cl2N2O3S/c6-3-1-4(7)9-5(8-3)2-13(10,11)12/h1H,2H2,(H,10,11,12). The first-order valence-corrected chi connectivity index (χ1v) is 5.37. The molecular formula is C5H4Cl2N2O3S. The van der Waals surface area contributed by atoms with Crippen LogP contribution in [0, 0.1) is 0 Å². The Morgan fingerprint density at radius 3 is 2.15 bits per heavy atom. The highest BCUT2D eigenvalue weighted by Gasteiger charge is 2.10. The topological polar surface area (TPSA) is 80.2 Å². The van der Waals surface area contributed by atoms with Gasteiger partial charge in [-0.1, -0.05) is 23.2 Å². The predicted octanol–water partition coefficient (Wildman–Crippen LogP) is 1.17. The summed E-state index contributed by atoms with van der Waals surface area (Å²) in [6, 6.07) is 1.26. The van der Waals surface area contributed by atoms with Crippen LogP contribution in [-0.4, -0.2) is 22.9 Å². The van der Waals surface area contributed by atoms with Gasteiger partial charge in [-0.2, -0.15) is 8.42 Å². The van der Waals surface area contributed by atoms with Crippen LogP contribution in [0.2, 0.25) is 10.3 Å². The second kappa shape index (κ2) is 3.75. The van der Waals surface area contributed by atoms with E-state index in [2.05, 4.69) is 9.97 Å². The molecule has 8 heteroatoms. The van der Waals surface area contributed by atoms with Crippen molar-refractivity contribution < 1.29 is 13.0 Å². The Morgan fingerprint density at radius 1 is 1.31 bits per heavy atom. The van der Waals surface area contributed by atoms with Crippen LogP contribution in [0.1, 0.15) is 5.82 Å². The molecule has 0 radical (unpaired) electrons. The lowest BCUT2D eigenvalue weighted by Gasteiger charge is -1.98. The number of hydrogen-bond donors (Lipinski definition) is 1. The molecule has 72 valence electrons. The maximum absolute atomic E-state index is 10.4. The van der Waals surface area contributed by atoms with Gasteiger partial charge in [-0.05, 0) is 0 Å². The summed E-state index contributed by atoms with van der Waals surface area (Å²) in [5.41, 5.74) is 0. The normalized spacial score (nSPS) is 11.6. The molecular weight excluding hydrogens is 239 g/mol. The Hall–Kier alpha value is -0.430. The zero-order valence-corrected chi connectivity index (χ0v) is 8.44. The number of rotatable bonds is 2. The Bertz CT molecular complexity index is 400. The van der Waals surface area contributed by atoms with Crippen LogP contribution in [0.15, 0.2) is 6.07 Å². The molecule has 0 aliphatic rings. The molecule has 0 spiro atoms. The predicted molar refractivity (Wildman–Crippen MR) is 47.3 cm³/mol. The number of aromatic nitrogens is 2. The monoisotopic (exact) mass is 242 g/mol. The van der Waals surface area contributed by atoms with Crippen molar-refractivity contribution >= 4 is 33.3 Å². The van der Waals surface area contributed by atoms with Crippen LogP contribution < -0.4 is 0 Å². The van der Waals surface area contributed by atoms with E-state index in [1.54, 1.807) is 0 Å². The summed E-state index contributed by atoms with van der Waals surface area (Å²) in [7, 11) is -4.15. The van der Waals surface area contributed by atoms with Crippen LogP contribution in [0.5, 0.6) is 0 Å². The molecule has 0 saturated carbocycles. The molecule has 0 aliphatic carbocycles. The molecule has 13 heavy (non-hydrogen) atoms. The van der Waals surface area contributed by atoms with Crippen molar-refractivity contribution in [3.8, 4) is 0 Å². The van der Waals surface area contributed by atoms with Crippen molar-refractivity contribution in [2.45, 2.75) is 5.75 Å². The summed E-state index contributed by atoms with van der Waals surface area (Å²) in [6.45, 7) is 0. The molecule has 5 nitrogen and oxygen atoms in total. The van der Waals surface area contributed by atoms with Crippen LogP contribution in [0.4, 0.5) is 0 Å². The number of hydrogen-bond acceptors (Lipinski definition) is 4. The third-order valence-corrected chi connectivity index (χ3v) is 2.03. The van der Waals surface area contributed by atoms with E-state index in [-0.39, 0.29) is 16.1 Å². The lowest BCUT2D eigenvalue weighted by molar-refractivity contribution is 0.480. The molecule has 1 N–H and O–H groups in total. The van der Waals surface area contributed by atoms with Crippen LogP contribution >= 0.6 is 23.2 Å². The maximum Gasteiger partial charge on any atom is 0.272 e. The van der Waals surface area contributed by atoms with Crippen molar-refractivity contribution in [2.75, 3.05) is 0 Å². The van der Waals surface area contributed by atoms with Gasteiger partial charge >= 0.3 is 0 Å². The summed E-state index contributed by atoms with van der Waals surface area (Å²) in [5, 5.41) is 0.0531. The quantitative estimate of drug-likeness (QED) is 0.622. The summed E-state index contributed by atoms with van der Waals surface area (Å²) < 4.78 is 29.3. The van der Waals surface area contributed by atoms with E-state index in [1.807, 2.05) is 0 Å². The second-order valence-electron chi connectivity index (χ2n) is 2.16. The molecule has 0 atom stereocenters. The smallest absolute Gasteiger partial charge is 0.272 e. The molecule has 0 aromatic carbocycles. The zero-order valence-electron chi connectivity index (χ0n) is 6.11. The van der Waals surface area contributed by atoms with Gasteiger partial charge in [0.25, 0.3) is 10.1 Å². The fourth-order valence-electron chi connectivity index (χ4n) is 0.662. The number of nitrogens with zero attached hydrogens (tertiary/aromatic N) is 2. The minimum Gasteiger partial charge on any atom is -0.285 e. The highest BCUT2D eigenvalue weighted by Crippen LogP contribution is 2.12. The SMILES string of the molecule is O=S(=O)(O)Cc1nc(Cl)cc(Cl)n1. The van der Waals surface area contributed by atoms with E-state index in [0.717, 1.165) is 0 Å². The summed E-state index contributed by atoms with van der Waals surface area (Å²) >= 11 is 10.9. The van der Waals surface area contributed by atoms with Crippen molar-refractivity contribution in [1.29, 1.82) is 0 Å². The van der Waals surface area contributed by atoms with Gasteiger partial charge in [0.2, 0.25) is 0 Å². The van der Waals surface area contributed by atoms with Crippen LogP contribution in [-0.2, 0) is 15.9 Å². The minimum atomic E-state index is -4.15. The first kappa shape index (κ1) is 10.6. The highest BCUT2D eigenvalue weighted by atomic mass is 35.5. The molecule has 1 heterocycles. The van der Waals surface area contributed by atoms with Crippen molar-refractivity contribution in [3.05, 3.63) is 22.2 Å². The Labute approximate surface area is 84.5 Å². The molecule has 1 aromatic rings. The third-order valence-electron chi connectivity index (χ3n) is 1.02. The van der Waals surface area contributed by atoms with Gasteiger partial charge < -0.3 is 0 Å². The average molecular weight is 243 g/mol. The van der Waals surface area contributed by atoms with Crippen LogP contribution in [0.25, 0.3) is 0 Å². The molecule has 0 amide bonds. The largest absolute Gasteiger partial charge is 0.285 e. The molecule has 0 fully saturated rings. The summed E-state index contributed by atoms with van der Waals surface area (Å²) in [6.07, 6.45) is 0. The van der Waals surface area contributed by atoms with E-state index in [0.29, 0.717) is 0 Å². The zero-order chi connectivity index (χ0) is 10.1. The van der Waals surface area contributed by atoms with E-state index < -0.39 is 15.9 Å². The van der Waals surface area contributed by atoms with E-state index >= 15 is 0 Å². The first-order chi connectivity index (χ1) is 5.87. The third kappa shape index (κ3) is 3.86. The van der Waals surface area contributed by atoms with Gasteiger partial charge in [-0.15, -0.1) is 0 Å². The second-order valence-corrected chi connectivity index (χ2v) is 4.38. The van der Waals surface area contributed by atoms with Gasteiger partial charge in [0.1, 0.15) is 21.9 Å². The fraction of sp³-hybridized carbons (Fsp3) is 0.200. The molecule has 0 bridgehead atoms. The van der Waals surface area contributed by atoms with Crippen molar-refractivity contribution in [1.82, 2.24) is 9.97 Å². The van der Waals surface area contributed by atoms with Gasteiger partial charge in [-0.3, -0.25) is 4.55 Å². The van der Waals surface area contributed by atoms with Gasteiger partial charge in [0.05, 0.1) is 0 Å². The summed E-state index contributed by atoms with van der Waals surface area (Å²) in [5.74, 6) is -0.840. The Balaban J connectivity index is 3.03. The van der Waals surface area contributed by atoms with E-state index in [9.17, 15) is 8.42 Å².